The summed E-state index contributed by atoms with van der Waals surface area (Å²) < 4.78 is 11.9. The Hall–Kier alpha value is -2.28. The van der Waals surface area contributed by atoms with E-state index in [2.05, 4.69) is 15.7 Å². The van der Waals surface area contributed by atoms with Gasteiger partial charge in [0.25, 0.3) is 0 Å². The molecule has 2 heterocycles. The van der Waals surface area contributed by atoms with Crippen LogP contribution in [0, 0.1) is 0 Å². The normalized spacial score (nSPS) is 12.1. The molecule has 0 unspecified atom stereocenters. The van der Waals surface area contributed by atoms with Crippen LogP contribution in [0.4, 0.5) is 10.6 Å². The first-order valence-electron chi connectivity index (χ1n) is 6.78. The number of hydrogen-bond donors (Lipinski definition) is 2. The molecular weight excluding hydrogens is 272 g/mol. The largest absolute Gasteiger partial charge is 0.463 e. The van der Waals surface area contributed by atoms with E-state index in [9.17, 15) is 4.79 Å². The zero-order chi connectivity index (χ0) is 15.2. The summed E-state index contributed by atoms with van der Waals surface area (Å²) in [6.45, 7) is 2.47. The highest BCUT2D eigenvalue weighted by molar-refractivity contribution is 5.89. The average Bonchev–Trinajstić information content (AvgIpc) is 3.09. The molecule has 0 aliphatic rings. The number of rotatable bonds is 6. The molecule has 114 valence electrons. The molecule has 0 spiro atoms. The first-order valence-corrected chi connectivity index (χ1v) is 6.78. The third-order valence-corrected chi connectivity index (χ3v) is 3.09. The van der Waals surface area contributed by atoms with Crippen molar-refractivity contribution in [2.45, 2.75) is 19.4 Å². The van der Waals surface area contributed by atoms with Crippen molar-refractivity contribution in [3.63, 3.8) is 0 Å². The van der Waals surface area contributed by atoms with Gasteiger partial charge in [0.15, 0.2) is 5.76 Å². The van der Waals surface area contributed by atoms with Gasteiger partial charge in [-0.1, -0.05) is 6.92 Å². The van der Waals surface area contributed by atoms with E-state index in [-0.39, 0.29) is 12.1 Å². The second-order valence-corrected chi connectivity index (χ2v) is 4.67. The third-order valence-electron chi connectivity index (χ3n) is 3.09. The molecule has 1 atom stereocenters. The van der Waals surface area contributed by atoms with Gasteiger partial charge in [-0.25, -0.2) is 4.79 Å². The molecule has 2 rings (SSSR count). The number of furan rings is 1. The van der Waals surface area contributed by atoms with Gasteiger partial charge in [-0.3, -0.25) is 10.00 Å². The summed E-state index contributed by atoms with van der Waals surface area (Å²) in [5.74, 6) is 1.25. The van der Waals surface area contributed by atoms with Gasteiger partial charge in [-0.2, -0.15) is 5.10 Å². The van der Waals surface area contributed by atoms with Crippen LogP contribution < -0.4 is 10.6 Å². The van der Waals surface area contributed by atoms with Crippen LogP contribution in [0.1, 0.15) is 13.3 Å². The fourth-order valence-electron chi connectivity index (χ4n) is 1.93. The maximum Gasteiger partial charge on any atom is 0.320 e. The Balaban J connectivity index is 2.01. The van der Waals surface area contributed by atoms with E-state index >= 15 is 0 Å². The number of carbonyl (C=O) groups is 1. The van der Waals surface area contributed by atoms with E-state index in [0.29, 0.717) is 23.9 Å². The lowest BCUT2D eigenvalue weighted by molar-refractivity contribution is 0.165. The van der Waals surface area contributed by atoms with E-state index in [1.807, 2.05) is 13.0 Å². The smallest absolute Gasteiger partial charge is 0.320 e. The van der Waals surface area contributed by atoms with E-state index in [4.69, 9.17) is 9.15 Å². The van der Waals surface area contributed by atoms with Crippen molar-refractivity contribution in [3.8, 4) is 11.5 Å². The van der Waals surface area contributed by atoms with Crippen LogP contribution in [0.15, 0.2) is 28.9 Å². The number of carbonyl (C=O) groups excluding carboxylic acids is 1. The molecule has 7 heteroatoms. The maximum absolute atomic E-state index is 12.0. The Morgan fingerprint density at radius 3 is 3.00 bits per heavy atom. The minimum atomic E-state index is -0.284. The van der Waals surface area contributed by atoms with Crippen molar-refractivity contribution in [2.75, 3.05) is 19.0 Å². The number of amides is 2. The predicted octanol–water partition coefficient (Wildman–Crippen LogP) is 2.23. The summed E-state index contributed by atoms with van der Waals surface area (Å²) in [6.07, 6.45) is 2.38. The lowest BCUT2D eigenvalue weighted by atomic mass is 10.2. The van der Waals surface area contributed by atoms with Gasteiger partial charge in [-0.05, 0) is 18.6 Å². The van der Waals surface area contributed by atoms with Crippen LogP contribution in [0.3, 0.4) is 0 Å². The van der Waals surface area contributed by atoms with Crippen LogP contribution in [-0.4, -0.2) is 35.6 Å². The quantitative estimate of drug-likeness (QED) is 0.855. The Labute approximate surface area is 123 Å². The molecular formula is C14H20N4O3. The van der Waals surface area contributed by atoms with Gasteiger partial charge in [-0.15, -0.1) is 0 Å². The minimum absolute atomic E-state index is 0.0206. The molecule has 2 N–H and O–H groups in total. The number of nitrogens with one attached hydrogen (secondary N) is 2. The first kappa shape index (κ1) is 15.1. The second-order valence-electron chi connectivity index (χ2n) is 4.67. The predicted molar refractivity (Wildman–Crippen MR) is 79.0 cm³/mol. The van der Waals surface area contributed by atoms with E-state index < -0.39 is 0 Å². The van der Waals surface area contributed by atoms with Crippen molar-refractivity contribution in [2.24, 2.45) is 7.05 Å². The molecule has 21 heavy (non-hydrogen) atoms. The van der Waals surface area contributed by atoms with Gasteiger partial charge in [0.1, 0.15) is 11.5 Å². The lowest BCUT2D eigenvalue weighted by Gasteiger charge is -2.16. The van der Waals surface area contributed by atoms with Crippen LogP contribution in [0.5, 0.6) is 0 Å². The van der Waals surface area contributed by atoms with Gasteiger partial charge in [0.05, 0.1) is 18.9 Å². The molecule has 0 saturated heterocycles. The van der Waals surface area contributed by atoms with Crippen LogP contribution in [-0.2, 0) is 11.8 Å². The molecule has 2 amide bonds. The fourth-order valence-corrected chi connectivity index (χ4v) is 1.93. The van der Waals surface area contributed by atoms with Crippen LogP contribution in [0.25, 0.3) is 11.5 Å². The zero-order valence-electron chi connectivity index (χ0n) is 12.4. The van der Waals surface area contributed by atoms with Crippen molar-refractivity contribution in [1.82, 2.24) is 15.1 Å². The van der Waals surface area contributed by atoms with Crippen molar-refractivity contribution >= 4 is 11.8 Å². The number of nitrogens with zero attached hydrogens (tertiary/aromatic N) is 2. The Morgan fingerprint density at radius 2 is 2.38 bits per heavy atom. The topological polar surface area (TPSA) is 81.3 Å². The van der Waals surface area contributed by atoms with E-state index in [0.717, 1.165) is 6.42 Å². The zero-order valence-corrected chi connectivity index (χ0v) is 12.4. The molecule has 0 fully saturated rings. The van der Waals surface area contributed by atoms with Crippen molar-refractivity contribution in [3.05, 3.63) is 24.5 Å². The molecule has 0 aromatic carbocycles. The number of anilines is 1. The maximum atomic E-state index is 12.0. The second kappa shape index (κ2) is 6.94. The Bertz CT molecular complexity index is 577. The molecule has 0 saturated carbocycles. The molecule has 0 aliphatic carbocycles. The molecule has 0 bridgehead atoms. The molecule has 0 radical (unpaired) electrons. The number of hydrogen-bond acceptors (Lipinski definition) is 4. The molecule has 2 aromatic heterocycles. The summed E-state index contributed by atoms with van der Waals surface area (Å²) in [5.41, 5.74) is 0.668. The number of ether oxygens (including phenoxy) is 1. The summed E-state index contributed by atoms with van der Waals surface area (Å²) in [7, 11) is 3.37. The third kappa shape index (κ3) is 3.85. The van der Waals surface area contributed by atoms with E-state index in [1.54, 1.807) is 37.2 Å². The van der Waals surface area contributed by atoms with Gasteiger partial charge >= 0.3 is 6.03 Å². The van der Waals surface area contributed by atoms with Gasteiger partial charge < -0.3 is 14.5 Å². The fraction of sp³-hybridized carbons (Fsp3) is 0.429. The summed E-state index contributed by atoms with van der Waals surface area (Å²) in [5, 5.41) is 9.91. The molecule has 2 aromatic rings. The number of methoxy groups -OCH3 is 1. The Morgan fingerprint density at radius 1 is 1.57 bits per heavy atom. The van der Waals surface area contributed by atoms with E-state index in [1.165, 1.54) is 0 Å². The molecule has 0 aliphatic heterocycles. The monoisotopic (exact) mass is 292 g/mol. The molecule has 7 nitrogen and oxygen atoms in total. The van der Waals surface area contributed by atoms with Crippen molar-refractivity contribution in [1.29, 1.82) is 0 Å². The van der Waals surface area contributed by atoms with Crippen LogP contribution >= 0.6 is 0 Å². The summed E-state index contributed by atoms with van der Waals surface area (Å²) in [4.78, 5) is 12.0. The van der Waals surface area contributed by atoms with Crippen LogP contribution in [0.2, 0.25) is 0 Å². The number of aryl methyl sites for hydroxylation is 1. The highest BCUT2D eigenvalue weighted by Crippen LogP contribution is 2.21. The number of urea groups is 1. The van der Waals surface area contributed by atoms with Gasteiger partial charge in [0.2, 0.25) is 0 Å². The number of aromatic nitrogens is 2. The SMILES string of the molecule is CC[C@@H](COC)NC(=O)Nc1cc(-c2ccco2)nn1C. The summed E-state index contributed by atoms with van der Waals surface area (Å²) >= 11 is 0. The lowest BCUT2D eigenvalue weighted by Crippen LogP contribution is -2.40. The first-order chi connectivity index (χ1) is 10.1. The van der Waals surface area contributed by atoms with Gasteiger partial charge in [0, 0.05) is 20.2 Å². The Kier molecular flexibility index (Phi) is 4.99. The standard InChI is InChI=1S/C14H20N4O3/c1-4-10(9-20-3)15-14(19)16-13-8-11(17-18(13)2)12-6-5-7-21-12/h5-8,10H,4,9H2,1-3H3,(H2,15,16,19)/t10-/m0/s1. The average molecular weight is 292 g/mol. The highest BCUT2D eigenvalue weighted by atomic mass is 16.5. The highest BCUT2D eigenvalue weighted by Gasteiger charge is 2.14. The minimum Gasteiger partial charge on any atom is -0.463 e. The van der Waals surface area contributed by atoms with Crippen molar-refractivity contribution < 1.29 is 13.9 Å². The summed E-state index contributed by atoms with van der Waals surface area (Å²) in [6, 6.07) is 5.06.